The normalized spacial score (nSPS) is 10.2. The van der Waals surface area contributed by atoms with Gasteiger partial charge < -0.3 is 17.2 Å². The molecule has 1 amide bonds. The first-order valence-electron chi connectivity index (χ1n) is 4.46. The lowest BCUT2D eigenvalue weighted by Gasteiger charge is -2.03. The molecular formula is C9H10N6O. The molecule has 2 heterocycles. The molecular weight excluding hydrogens is 208 g/mol. The second-order valence-corrected chi connectivity index (χ2v) is 3.15. The molecule has 0 unspecified atom stereocenters. The molecule has 82 valence electrons. The number of carbonyl (C=O) groups is 1. The Balaban J connectivity index is 2.42. The van der Waals surface area contributed by atoms with Crippen LogP contribution in [0.4, 0.5) is 11.5 Å². The zero-order chi connectivity index (χ0) is 11.7. The van der Waals surface area contributed by atoms with Gasteiger partial charge >= 0.3 is 0 Å². The number of nitrogen functional groups attached to an aromatic ring is 2. The number of primary amides is 1. The van der Waals surface area contributed by atoms with Crippen LogP contribution in [0.1, 0.15) is 10.5 Å². The van der Waals surface area contributed by atoms with Gasteiger partial charge in [-0.15, -0.1) is 0 Å². The first-order chi connectivity index (χ1) is 7.58. The lowest BCUT2D eigenvalue weighted by Crippen LogP contribution is -2.12. The van der Waals surface area contributed by atoms with Crippen LogP contribution in [0, 0.1) is 0 Å². The minimum absolute atomic E-state index is 0.164. The highest BCUT2D eigenvalue weighted by Crippen LogP contribution is 2.13. The van der Waals surface area contributed by atoms with Gasteiger partial charge in [-0.2, -0.15) is 5.10 Å². The van der Waals surface area contributed by atoms with E-state index < -0.39 is 5.91 Å². The molecule has 7 heteroatoms. The molecule has 0 aliphatic carbocycles. The van der Waals surface area contributed by atoms with Crippen molar-refractivity contribution >= 4 is 17.4 Å². The summed E-state index contributed by atoms with van der Waals surface area (Å²) in [6, 6.07) is 4.75. The van der Waals surface area contributed by atoms with Gasteiger partial charge in [-0.1, -0.05) is 0 Å². The van der Waals surface area contributed by atoms with Crippen molar-refractivity contribution < 1.29 is 4.79 Å². The van der Waals surface area contributed by atoms with Crippen LogP contribution in [0.2, 0.25) is 0 Å². The Morgan fingerprint density at radius 1 is 1.25 bits per heavy atom. The first-order valence-corrected chi connectivity index (χ1v) is 4.46. The molecule has 0 fully saturated rings. The van der Waals surface area contributed by atoms with Crippen molar-refractivity contribution in [3.63, 3.8) is 0 Å². The van der Waals surface area contributed by atoms with Gasteiger partial charge in [-0.3, -0.25) is 4.79 Å². The molecule has 0 atom stereocenters. The van der Waals surface area contributed by atoms with Crippen molar-refractivity contribution in [3.8, 4) is 5.82 Å². The van der Waals surface area contributed by atoms with Crippen molar-refractivity contribution in [2.75, 3.05) is 11.5 Å². The van der Waals surface area contributed by atoms with Crippen molar-refractivity contribution in [3.05, 3.63) is 30.1 Å². The maximum Gasteiger partial charge on any atom is 0.269 e. The van der Waals surface area contributed by atoms with E-state index in [0.29, 0.717) is 11.5 Å². The van der Waals surface area contributed by atoms with E-state index in [1.807, 2.05) is 0 Å². The molecule has 0 saturated carbocycles. The summed E-state index contributed by atoms with van der Waals surface area (Å²) in [6.45, 7) is 0. The molecule has 0 aliphatic heterocycles. The summed E-state index contributed by atoms with van der Waals surface area (Å²) in [6.07, 6.45) is 1.57. The molecule has 2 rings (SSSR count). The molecule has 0 spiro atoms. The summed E-state index contributed by atoms with van der Waals surface area (Å²) in [5.74, 6) is 0.0926. The number of hydrogen-bond acceptors (Lipinski definition) is 5. The standard InChI is InChI=1S/C9H10N6O/c10-5-1-2-7(13-8(5)11)15-4-3-6(14-15)9(12)16/h1-4H,10H2,(H2,11,13)(H2,12,16). The van der Waals surface area contributed by atoms with Crippen LogP contribution in [-0.2, 0) is 0 Å². The Morgan fingerprint density at radius 3 is 2.56 bits per heavy atom. The number of anilines is 2. The van der Waals surface area contributed by atoms with Crippen LogP contribution in [-0.4, -0.2) is 20.7 Å². The molecule has 2 aromatic heterocycles. The van der Waals surface area contributed by atoms with Crippen LogP contribution in [0.15, 0.2) is 24.4 Å². The zero-order valence-corrected chi connectivity index (χ0v) is 8.29. The van der Waals surface area contributed by atoms with E-state index in [2.05, 4.69) is 10.1 Å². The van der Waals surface area contributed by atoms with Gasteiger partial charge in [0, 0.05) is 6.20 Å². The van der Waals surface area contributed by atoms with Crippen LogP contribution in [0.3, 0.4) is 0 Å². The lowest BCUT2D eigenvalue weighted by atomic mass is 10.4. The Morgan fingerprint density at radius 2 is 2.00 bits per heavy atom. The number of rotatable bonds is 2. The number of nitrogens with two attached hydrogens (primary N) is 3. The summed E-state index contributed by atoms with van der Waals surface area (Å²) in [5.41, 5.74) is 16.7. The Kier molecular flexibility index (Phi) is 2.20. The van der Waals surface area contributed by atoms with Crippen molar-refractivity contribution in [1.82, 2.24) is 14.8 Å². The molecule has 2 aromatic rings. The van der Waals surface area contributed by atoms with Gasteiger partial charge in [0.1, 0.15) is 11.5 Å². The molecule has 16 heavy (non-hydrogen) atoms. The molecule has 0 aromatic carbocycles. The summed E-state index contributed by atoms with van der Waals surface area (Å²) in [4.78, 5) is 14.9. The van der Waals surface area contributed by atoms with E-state index in [0.717, 1.165) is 0 Å². The number of amides is 1. The molecule has 6 N–H and O–H groups in total. The van der Waals surface area contributed by atoms with Gasteiger partial charge in [-0.25, -0.2) is 9.67 Å². The zero-order valence-electron chi connectivity index (χ0n) is 8.29. The number of hydrogen-bond donors (Lipinski definition) is 3. The molecule has 0 radical (unpaired) electrons. The van der Waals surface area contributed by atoms with Crippen LogP contribution in [0.5, 0.6) is 0 Å². The third kappa shape index (κ3) is 1.65. The largest absolute Gasteiger partial charge is 0.396 e. The monoisotopic (exact) mass is 218 g/mol. The first kappa shape index (κ1) is 9.97. The van der Waals surface area contributed by atoms with Gasteiger partial charge in [0.05, 0.1) is 5.69 Å². The number of carbonyl (C=O) groups excluding carboxylic acids is 1. The predicted molar refractivity (Wildman–Crippen MR) is 58.7 cm³/mol. The van der Waals surface area contributed by atoms with Crippen LogP contribution >= 0.6 is 0 Å². The Labute approximate surface area is 90.9 Å². The third-order valence-electron chi connectivity index (χ3n) is 2.02. The summed E-state index contributed by atoms with van der Waals surface area (Å²) < 4.78 is 1.40. The van der Waals surface area contributed by atoms with Gasteiger partial charge in [0.2, 0.25) is 0 Å². The smallest absolute Gasteiger partial charge is 0.269 e. The second-order valence-electron chi connectivity index (χ2n) is 3.15. The van der Waals surface area contributed by atoms with Crippen LogP contribution in [0.25, 0.3) is 5.82 Å². The van der Waals surface area contributed by atoms with Crippen LogP contribution < -0.4 is 17.2 Å². The molecule has 0 saturated heterocycles. The minimum atomic E-state index is -0.595. The number of aromatic nitrogens is 3. The fraction of sp³-hybridized carbons (Fsp3) is 0. The second kappa shape index (κ2) is 3.54. The average molecular weight is 218 g/mol. The van der Waals surface area contributed by atoms with Gasteiger partial charge in [-0.05, 0) is 18.2 Å². The minimum Gasteiger partial charge on any atom is -0.396 e. The molecule has 0 bridgehead atoms. The topological polar surface area (TPSA) is 126 Å². The van der Waals surface area contributed by atoms with E-state index in [9.17, 15) is 4.79 Å². The van der Waals surface area contributed by atoms with E-state index in [1.165, 1.54) is 10.7 Å². The van der Waals surface area contributed by atoms with E-state index >= 15 is 0 Å². The van der Waals surface area contributed by atoms with E-state index in [4.69, 9.17) is 17.2 Å². The molecule has 7 nitrogen and oxygen atoms in total. The van der Waals surface area contributed by atoms with Crippen molar-refractivity contribution in [2.24, 2.45) is 5.73 Å². The summed E-state index contributed by atoms with van der Waals surface area (Å²) in [5, 5.41) is 3.93. The Hall–Kier alpha value is -2.57. The highest BCUT2D eigenvalue weighted by Gasteiger charge is 2.07. The summed E-state index contributed by atoms with van der Waals surface area (Å²) >= 11 is 0. The third-order valence-corrected chi connectivity index (χ3v) is 2.02. The fourth-order valence-corrected chi connectivity index (χ4v) is 1.19. The highest BCUT2D eigenvalue weighted by molar-refractivity contribution is 5.90. The SMILES string of the molecule is NC(=O)c1ccn(-c2ccc(N)c(N)n2)n1. The maximum atomic E-state index is 10.8. The molecule has 0 aliphatic rings. The van der Waals surface area contributed by atoms with Crippen molar-refractivity contribution in [1.29, 1.82) is 0 Å². The van der Waals surface area contributed by atoms with E-state index in [1.54, 1.807) is 18.3 Å². The number of pyridine rings is 1. The van der Waals surface area contributed by atoms with Gasteiger partial charge in [0.15, 0.2) is 5.82 Å². The highest BCUT2D eigenvalue weighted by atomic mass is 16.1. The van der Waals surface area contributed by atoms with Crippen molar-refractivity contribution in [2.45, 2.75) is 0 Å². The fourth-order valence-electron chi connectivity index (χ4n) is 1.19. The van der Waals surface area contributed by atoms with E-state index in [-0.39, 0.29) is 11.5 Å². The Bertz CT molecular complexity index is 547. The van der Waals surface area contributed by atoms with Gasteiger partial charge in [0.25, 0.3) is 5.91 Å². The lowest BCUT2D eigenvalue weighted by molar-refractivity contribution is 0.0995. The average Bonchev–Trinajstić information content (AvgIpc) is 2.71. The summed E-state index contributed by atoms with van der Waals surface area (Å²) in [7, 11) is 0. The quantitative estimate of drug-likeness (QED) is 0.628. The predicted octanol–water partition coefficient (Wildman–Crippen LogP) is -0.469. The maximum absolute atomic E-state index is 10.8. The number of nitrogens with zero attached hydrogens (tertiary/aromatic N) is 3.